The van der Waals surface area contributed by atoms with Gasteiger partial charge in [0.15, 0.2) is 5.65 Å². The molecule has 0 radical (unpaired) electrons. The third kappa shape index (κ3) is 3.10. The summed E-state index contributed by atoms with van der Waals surface area (Å²) in [6, 6.07) is 7.30. The normalized spacial score (nSPS) is 11.9. The van der Waals surface area contributed by atoms with E-state index >= 15 is 0 Å². The minimum atomic E-state index is -4.72. The second kappa shape index (κ2) is 5.42. The van der Waals surface area contributed by atoms with E-state index in [0.29, 0.717) is 27.8 Å². The van der Waals surface area contributed by atoms with Gasteiger partial charge in [0, 0.05) is 5.69 Å². The number of halogens is 4. The van der Waals surface area contributed by atoms with Crippen molar-refractivity contribution in [3.63, 3.8) is 0 Å². The van der Waals surface area contributed by atoms with Gasteiger partial charge in [0.1, 0.15) is 22.2 Å². The molecule has 0 aliphatic carbocycles. The Balaban J connectivity index is 2.06. The summed E-state index contributed by atoms with van der Waals surface area (Å²) in [6.45, 7) is 3.61. The van der Waals surface area contributed by atoms with Crippen LogP contribution >= 0.6 is 11.6 Å². The summed E-state index contributed by atoms with van der Waals surface area (Å²) in [5.41, 5.74) is 2.63. The molecular formula is C15H11ClF3N3O. The fourth-order valence-corrected chi connectivity index (χ4v) is 2.43. The van der Waals surface area contributed by atoms with E-state index in [-0.39, 0.29) is 5.75 Å². The van der Waals surface area contributed by atoms with Crippen molar-refractivity contribution in [1.82, 2.24) is 14.5 Å². The summed E-state index contributed by atoms with van der Waals surface area (Å²) in [5.74, 6) is 0.365. The summed E-state index contributed by atoms with van der Waals surface area (Å²) in [5, 5.41) is 0.357. The van der Waals surface area contributed by atoms with Crippen molar-refractivity contribution >= 4 is 22.8 Å². The van der Waals surface area contributed by atoms with E-state index in [0.717, 1.165) is 5.56 Å². The van der Waals surface area contributed by atoms with Crippen LogP contribution in [0.15, 0.2) is 30.3 Å². The molecule has 0 saturated carbocycles. The second-order valence-corrected chi connectivity index (χ2v) is 5.33. The Kier molecular flexibility index (Phi) is 3.68. The van der Waals surface area contributed by atoms with Gasteiger partial charge >= 0.3 is 6.36 Å². The van der Waals surface area contributed by atoms with Crippen molar-refractivity contribution in [2.45, 2.75) is 20.2 Å². The summed E-state index contributed by atoms with van der Waals surface area (Å²) in [4.78, 5) is 8.71. The van der Waals surface area contributed by atoms with E-state index in [2.05, 4.69) is 14.7 Å². The molecule has 2 aromatic heterocycles. The Morgan fingerprint density at radius 1 is 1.09 bits per heavy atom. The number of rotatable bonds is 2. The first-order valence-corrected chi connectivity index (χ1v) is 7.01. The van der Waals surface area contributed by atoms with Gasteiger partial charge < -0.3 is 4.74 Å². The van der Waals surface area contributed by atoms with Crippen LogP contribution in [0.3, 0.4) is 0 Å². The largest absolute Gasteiger partial charge is 0.573 e. The lowest BCUT2D eigenvalue weighted by molar-refractivity contribution is -0.274. The highest BCUT2D eigenvalue weighted by Crippen LogP contribution is 2.27. The number of alkyl halides is 3. The predicted octanol–water partition coefficient (Wildman–Crippen LogP) is 4.59. The average molecular weight is 342 g/mol. The molecule has 0 bridgehead atoms. The summed E-state index contributed by atoms with van der Waals surface area (Å²) in [6.07, 6.45) is -4.72. The number of ether oxygens (including phenoxy) is 1. The van der Waals surface area contributed by atoms with Crippen molar-refractivity contribution in [3.05, 3.63) is 46.9 Å². The minimum Gasteiger partial charge on any atom is -0.406 e. The zero-order chi connectivity index (χ0) is 16.8. The maximum Gasteiger partial charge on any atom is 0.573 e. The Hall–Kier alpha value is -2.28. The predicted molar refractivity (Wildman–Crippen MR) is 80.0 cm³/mol. The molecule has 8 heteroatoms. The van der Waals surface area contributed by atoms with Crippen molar-refractivity contribution in [2.75, 3.05) is 0 Å². The second-order valence-electron chi connectivity index (χ2n) is 4.97. The lowest BCUT2D eigenvalue weighted by Gasteiger charge is -2.10. The van der Waals surface area contributed by atoms with Crippen LogP contribution in [0.1, 0.15) is 11.4 Å². The number of benzene rings is 1. The van der Waals surface area contributed by atoms with Gasteiger partial charge in [-0.25, -0.2) is 9.97 Å². The maximum atomic E-state index is 12.2. The Labute approximate surface area is 134 Å². The number of aryl methyl sites for hydroxylation is 2. The molecule has 3 aromatic rings. The molecule has 2 heterocycles. The molecule has 0 N–H and O–H groups in total. The third-order valence-corrected chi connectivity index (χ3v) is 3.64. The van der Waals surface area contributed by atoms with Crippen LogP contribution in [-0.2, 0) is 0 Å². The number of aromatic nitrogens is 3. The first-order valence-electron chi connectivity index (χ1n) is 6.63. The lowest BCUT2D eigenvalue weighted by Crippen LogP contribution is -2.17. The van der Waals surface area contributed by atoms with Gasteiger partial charge in [-0.15, -0.1) is 13.2 Å². The molecule has 0 amide bonds. The fraction of sp³-hybridized carbons (Fsp3) is 0.200. The van der Waals surface area contributed by atoms with Crippen molar-refractivity contribution in [3.8, 4) is 11.4 Å². The molecule has 0 atom stereocenters. The highest BCUT2D eigenvalue weighted by molar-refractivity contribution is 6.30. The smallest absolute Gasteiger partial charge is 0.406 e. The van der Waals surface area contributed by atoms with Crippen LogP contribution < -0.4 is 4.74 Å². The third-order valence-electron chi connectivity index (χ3n) is 3.26. The zero-order valence-electron chi connectivity index (χ0n) is 12.1. The molecule has 0 spiro atoms. The zero-order valence-corrected chi connectivity index (χ0v) is 12.9. The van der Waals surface area contributed by atoms with E-state index in [1.165, 1.54) is 24.3 Å². The number of pyridine rings is 1. The molecule has 0 aliphatic heterocycles. The molecule has 0 unspecified atom stereocenters. The Bertz CT molecular complexity index is 872. The molecule has 120 valence electrons. The number of fused-ring (bicyclic) bond motifs is 1. The van der Waals surface area contributed by atoms with Crippen LogP contribution in [0.5, 0.6) is 5.75 Å². The van der Waals surface area contributed by atoms with E-state index in [9.17, 15) is 13.2 Å². The van der Waals surface area contributed by atoms with Crippen LogP contribution in [0.25, 0.3) is 16.9 Å². The number of nitrogens with zero attached hydrogens (tertiary/aromatic N) is 3. The molecule has 0 aliphatic rings. The van der Waals surface area contributed by atoms with E-state index < -0.39 is 6.36 Å². The summed E-state index contributed by atoms with van der Waals surface area (Å²) in [7, 11) is 0. The van der Waals surface area contributed by atoms with Gasteiger partial charge in [-0.1, -0.05) is 11.6 Å². The summed E-state index contributed by atoms with van der Waals surface area (Å²) >= 11 is 6.06. The van der Waals surface area contributed by atoms with Gasteiger partial charge in [-0.05, 0) is 49.7 Å². The number of hydrogen-bond acceptors (Lipinski definition) is 3. The van der Waals surface area contributed by atoms with Crippen LogP contribution in [0, 0.1) is 13.8 Å². The number of hydrogen-bond donors (Lipinski definition) is 0. The fourth-order valence-electron chi connectivity index (χ4n) is 2.30. The topological polar surface area (TPSA) is 39.9 Å². The van der Waals surface area contributed by atoms with Crippen LogP contribution in [0.2, 0.25) is 5.15 Å². The Morgan fingerprint density at radius 2 is 1.74 bits per heavy atom. The van der Waals surface area contributed by atoms with Gasteiger partial charge in [0.05, 0.1) is 0 Å². The Morgan fingerprint density at radius 3 is 2.35 bits per heavy atom. The van der Waals surface area contributed by atoms with Crippen molar-refractivity contribution < 1.29 is 17.9 Å². The van der Waals surface area contributed by atoms with E-state index in [1.54, 1.807) is 11.5 Å². The lowest BCUT2D eigenvalue weighted by atomic mass is 10.3. The first-order chi connectivity index (χ1) is 10.7. The molecule has 0 saturated heterocycles. The molecule has 4 nitrogen and oxygen atoms in total. The molecule has 0 fully saturated rings. The number of imidazole rings is 1. The first kappa shape index (κ1) is 15.6. The maximum absolute atomic E-state index is 12.2. The average Bonchev–Trinajstić information content (AvgIpc) is 2.74. The standard InChI is InChI=1S/C15H11ClF3N3O/c1-8-7-12-14(21-13(8)16)22(9(2)20-12)10-3-5-11(6-4-10)23-15(17,18)19/h3-7H,1-2H3. The minimum absolute atomic E-state index is 0.287. The highest BCUT2D eigenvalue weighted by atomic mass is 35.5. The molecule has 23 heavy (non-hydrogen) atoms. The van der Waals surface area contributed by atoms with Crippen LogP contribution in [-0.4, -0.2) is 20.9 Å². The molecule has 1 aromatic carbocycles. The quantitative estimate of drug-likeness (QED) is 0.640. The van der Waals surface area contributed by atoms with Gasteiger partial charge in [0.2, 0.25) is 0 Å². The van der Waals surface area contributed by atoms with Crippen molar-refractivity contribution in [2.24, 2.45) is 0 Å². The van der Waals surface area contributed by atoms with Crippen LogP contribution in [0.4, 0.5) is 13.2 Å². The van der Waals surface area contributed by atoms with Crippen molar-refractivity contribution in [1.29, 1.82) is 0 Å². The SMILES string of the molecule is Cc1cc2nc(C)n(-c3ccc(OC(F)(F)F)cc3)c2nc1Cl. The van der Waals surface area contributed by atoms with Gasteiger partial charge in [0.25, 0.3) is 0 Å². The monoisotopic (exact) mass is 341 g/mol. The van der Waals surface area contributed by atoms with E-state index in [1.807, 2.05) is 13.0 Å². The molecular weight excluding hydrogens is 331 g/mol. The van der Waals surface area contributed by atoms with Gasteiger partial charge in [-0.3, -0.25) is 4.57 Å². The summed E-state index contributed by atoms with van der Waals surface area (Å²) < 4.78 is 42.2. The van der Waals surface area contributed by atoms with E-state index in [4.69, 9.17) is 11.6 Å². The van der Waals surface area contributed by atoms with Gasteiger partial charge in [-0.2, -0.15) is 0 Å². The molecule has 3 rings (SSSR count). The highest BCUT2D eigenvalue weighted by Gasteiger charge is 2.31.